The molecule has 3 heterocycles. The second kappa shape index (κ2) is 4.83. The summed E-state index contributed by atoms with van der Waals surface area (Å²) in [7, 11) is 0. The van der Waals surface area contributed by atoms with E-state index in [1.165, 1.54) is 52.1 Å². The van der Waals surface area contributed by atoms with Gasteiger partial charge in [0, 0.05) is 10.8 Å². The van der Waals surface area contributed by atoms with Gasteiger partial charge in [0.25, 0.3) is 5.65 Å². The van der Waals surface area contributed by atoms with Crippen molar-refractivity contribution in [2.24, 2.45) is 0 Å². The van der Waals surface area contributed by atoms with Crippen LogP contribution in [-0.2, 0) is 12.0 Å². The summed E-state index contributed by atoms with van der Waals surface area (Å²) >= 11 is 0. The third-order valence-electron chi connectivity index (χ3n) is 6.34. The Morgan fingerprint density at radius 2 is 1.79 bits per heavy atom. The molecule has 4 aromatic rings. The maximum Gasteiger partial charge on any atom is 0.295 e. The summed E-state index contributed by atoms with van der Waals surface area (Å²) in [6.45, 7) is 4.68. The minimum Gasteiger partial charge on any atom is -0.224 e. The fourth-order valence-electron chi connectivity index (χ4n) is 4.85. The lowest BCUT2D eigenvalue weighted by molar-refractivity contribution is -0.743. The predicted octanol–water partition coefficient (Wildman–Crippen LogP) is 4.99. The van der Waals surface area contributed by atoms with Gasteiger partial charge in [-0.15, -0.1) is 0 Å². The molecule has 0 aliphatic carbocycles. The zero-order chi connectivity index (χ0) is 16.3. The van der Waals surface area contributed by atoms with E-state index in [1.54, 1.807) is 0 Å². The molecule has 2 heteroatoms. The van der Waals surface area contributed by atoms with Crippen molar-refractivity contribution in [3.63, 3.8) is 0 Å². The van der Waals surface area contributed by atoms with Gasteiger partial charge >= 0.3 is 0 Å². The van der Waals surface area contributed by atoms with Crippen molar-refractivity contribution < 1.29 is 4.57 Å². The molecule has 24 heavy (non-hydrogen) atoms. The maximum atomic E-state index is 2.58. The molecule has 0 bridgehead atoms. The van der Waals surface area contributed by atoms with E-state index in [-0.39, 0.29) is 5.54 Å². The number of aromatic nitrogens is 2. The summed E-state index contributed by atoms with van der Waals surface area (Å²) in [6.07, 6.45) is 9.31. The van der Waals surface area contributed by atoms with Gasteiger partial charge in [0.2, 0.25) is 0 Å². The fraction of sp³-hybridized carbons (Fsp3) is 0.318. The zero-order valence-corrected chi connectivity index (χ0v) is 14.4. The van der Waals surface area contributed by atoms with Crippen molar-refractivity contribution in [2.75, 3.05) is 0 Å². The minimum absolute atomic E-state index is 0.225. The standard InChI is InChI=1S/C22H23N2/c1-3-22(4-2)13-12-16-8-7-10-18-17-9-5-6-11-19(17)23-14-15-24(22)21(23)20(16)18/h5-11,14-15H,3-4,12-13H2,1-2H3/q+1. The van der Waals surface area contributed by atoms with E-state index in [0.29, 0.717) is 0 Å². The second-order valence-corrected chi connectivity index (χ2v) is 7.15. The lowest BCUT2D eigenvalue weighted by Gasteiger charge is -2.27. The Bertz CT molecular complexity index is 1080. The molecular formula is C22H23N2+. The molecule has 2 aromatic heterocycles. The Hall–Kier alpha value is -2.35. The number of hydrogen-bond donors (Lipinski definition) is 0. The highest BCUT2D eigenvalue weighted by atomic mass is 15.2. The van der Waals surface area contributed by atoms with E-state index in [0.717, 1.165) is 6.42 Å². The molecule has 0 fully saturated rings. The summed E-state index contributed by atoms with van der Waals surface area (Å²) in [4.78, 5) is 0. The van der Waals surface area contributed by atoms with E-state index in [9.17, 15) is 0 Å². The van der Waals surface area contributed by atoms with Crippen LogP contribution in [0.2, 0.25) is 0 Å². The molecule has 0 radical (unpaired) electrons. The zero-order valence-electron chi connectivity index (χ0n) is 14.4. The number of imidazole rings is 1. The number of nitrogens with zero attached hydrogens (tertiary/aromatic N) is 2. The number of aryl methyl sites for hydroxylation is 1. The lowest BCUT2D eigenvalue weighted by Crippen LogP contribution is -2.54. The van der Waals surface area contributed by atoms with Crippen LogP contribution < -0.4 is 4.57 Å². The first-order valence-electron chi connectivity index (χ1n) is 9.14. The van der Waals surface area contributed by atoms with Crippen LogP contribution in [0, 0.1) is 0 Å². The lowest BCUT2D eigenvalue weighted by atomic mass is 9.86. The molecule has 120 valence electrons. The monoisotopic (exact) mass is 315 g/mol. The number of benzene rings is 2. The molecular weight excluding hydrogens is 292 g/mol. The molecule has 1 aliphatic rings. The highest BCUT2D eigenvalue weighted by Crippen LogP contribution is 2.37. The third kappa shape index (κ3) is 1.59. The molecule has 2 nitrogen and oxygen atoms in total. The first kappa shape index (κ1) is 14.0. The predicted molar refractivity (Wildman–Crippen MR) is 99.5 cm³/mol. The van der Waals surface area contributed by atoms with Crippen LogP contribution in [0.15, 0.2) is 54.9 Å². The van der Waals surface area contributed by atoms with Gasteiger partial charge in [0.15, 0.2) is 0 Å². The Morgan fingerprint density at radius 1 is 1.00 bits per heavy atom. The van der Waals surface area contributed by atoms with Crippen LogP contribution in [0.1, 0.15) is 38.7 Å². The molecule has 0 atom stereocenters. The SMILES string of the molecule is CCC1(CC)CCc2cccc3c4ccccc4n4cc[n+]1c4c23. The Morgan fingerprint density at radius 3 is 2.62 bits per heavy atom. The number of para-hydroxylation sites is 1. The molecule has 0 unspecified atom stereocenters. The average molecular weight is 315 g/mol. The number of rotatable bonds is 2. The van der Waals surface area contributed by atoms with Gasteiger partial charge in [0.05, 0.1) is 5.39 Å². The minimum atomic E-state index is 0.225. The number of pyridine rings is 1. The maximum absolute atomic E-state index is 2.58. The molecule has 0 saturated carbocycles. The van der Waals surface area contributed by atoms with Gasteiger partial charge in [-0.2, -0.15) is 4.40 Å². The normalized spacial score (nSPS) is 16.2. The molecule has 0 saturated heterocycles. The van der Waals surface area contributed by atoms with Crippen molar-refractivity contribution in [1.29, 1.82) is 0 Å². The van der Waals surface area contributed by atoms with E-state index in [1.807, 2.05) is 0 Å². The first-order valence-corrected chi connectivity index (χ1v) is 9.14. The fourth-order valence-corrected chi connectivity index (χ4v) is 4.85. The van der Waals surface area contributed by atoms with Gasteiger partial charge in [-0.1, -0.05) is 50.2 Å². The van der Waals surface area contributed by atoms with Gasteiger partial charge in [-0.25, -0.2) is 4.57 Å². The highest BCUT2D eigenvalue weighted by Gasteiger charge is 2.38. The van der Waals surface area contributed by atoms with E-state index in [4.69, 9.17) is 0 Å². The van der Waals surface area contributed by atoms with Crippen LogP contribution >= 0.6 is 0 Å². The largest absolute Gasteiger partial charge is 0.295 e. The topological polar surface area (TPSA) is 8.29 Å². The van der Waals surface area contributed by atoms with Crippen molar-refractivity contribution in [3.05, 3.63) is 60.4 Å². The summed E-state index contributed by atoms with van der Waals surface area (Å²) in [6, 6.07) is 15.7. The Labute approximate surface area is 142 Å². The second-order valence-electron chi connectivity index (χ2n) is 7.15. The molecule has 0 amide bonds. The highest BCUT2D eigenvalue weighted by molar-refractivity contribution is 6.12. The Balaban J connectivity index is 2.10. The van der Waals surface area contributed by atoms with Crippen molar-refractivity contribution in [1.82, 2.24) is 4.40 Å². The molecule has 0 spiro atoms. The van der Waals surface area contributed by atoms with E-state index in [2.05, 4.69) is 77.7 Å². The van der Waals surface area contributed by atoms with Gasteiger partial charge in [0.1, 0.15) is 23.4 Å². The van der Waals surface area contributed by atoms with Gasteiger partial charge in [-0.3, -0.25) is 0 Å². The summed E-state index contributed by atoms with van der Waals surface area (Å²) < 4.78 is 4.99. The molecule has 5 rings (SSSR count). The van der Waals surface area contributed by atoms with Crippen LogP contribution in [0.5, 0.6) is 0 Å². The quantitative estimate of drug-likeness (QED) is 0.364. The molecule has 0 N–H and O–H groups in total. The van der Waals surface area contributed by atoms with Crippen molar-refractivity contribution >= 4 is 27.3 Å². The first-order chi connectivity index (χ1) is 11.8. The van der Waals surface area contributed by atoms with E-state index < -0.39 is 0 Å². The number of fused-ring (bicyclic) bond motifs is 3. The van der Waals surface area contributed by atoms with Crippen LogP contribution in [0.25, 0.3) is 27.3 Å². The summed E-state index contributed by atoms with van der Waals surface area (Å²) in [5.41, 5.74) is 4.40. The number of hydrogen-bond acceptors (Lipinski definition) is 0. The van der Waals surface area contributed by atoms with Crippen LogP contribution in [0.4, 0.5) is 0 Å². The van der Waals surface area contributed by atoms with Crippen molar-refractivity contribution in [3.8, 4) is 0 Å². The van der Waals surface area contributed by atoms with Crippen molar-refractivity contribution in [2.45, 2.75) is 45.1 Å². The molecule has 1 aliphatic heterocycles. The van der Waals surface area contributed by atoms with Gasteiger partial charge in [-0.05, 0) is 37.3 Å². The summed E-state index contributed by atoms with van der Waals surface area (Å²) in [5.74, 6) is 0. The Kier molecular flexibility index (Phi) is 2.82. The third-order valence-corrected chi connectivity index (χ3v) is 6.34. The van der Waals surface area contributed by atoms with Gasteiger partial charge < -0.3 is 0 Å². The van der Waals surface area contributed by atoms with E-state index >= 15 is 0 Å². The molecule has 2 aromatic carbocycles. The average Bonchev–Trinajstić information content (AvgIpc) is 3.03. The smallest absolute Gasteiger partial charge is 0.224 e. The van der Waals surface area contributed by atoms with Crippen LogP contribution in [-0.4, -0.2) is 4.40 Å². The summed E-state index contributed by atoms with van der Waals surface area (Å²) in [5, 5.41) is 4.20. The van der Waals surface area contributed by atoms with Crippen LogP contribution in [0.3, 0.4) is 0 Å².